The molecular formula is C25H39N5O5S. The molecule has 0 saturated carbocycles. The third kappa shape index (κ3) is 6.07. The fraction of sp³-hybridized carbons (Fsp3) is 0.640. The number of benzene rings is 1. The van der Waals surface area contributed by atoms with Crippen molar-refractivity contribution in [1.29, 1.82) is 0 Å². The number of sulfonamides is 1. The molecule has 10 nitrogen and oxygen atoms in total. The summed E-state index contributed by atoms with van der Waals surface area (Å²) >= 11 is 0. The van der Waals surface area contributed by atoms with Crippen LogP contribution < -0.4 is 16.0 Å². The average Bonchev–Trinajstić information content (AvgIpc) is 3.40. The molecule has 2 saturated heterocycles. The van der Waals surface area contributed by atoms with Crippen LogP contribution in [0.5, 0.6) is 0 Å². The van der Waals surface area contributed by atoms with Crippen molar-refractivity contribution < 1.29 is 22.8 Å². The number of amides is 3. The molecule has 2 heterocycles. The van der Waals surface area contributed by atoms with Gasteiger partial charge in [0, 0.05) is 25.7 Å². The largest absolute Gasteiger partial charge is 0.352 e. The summed E-state index contributed by atoms with van der Waals surface area (Å²) in [6.07, 6.45) is 1.57. The van der Waals surface area contributed by atoms with Gasteiger partial charge in [-0.1, -0.05) is 51.1 Å². The SMILES string of the molecule is CNC(C)C(=O)NC(C(=O)N1CCC2C1C(C(=O)NCc1ccccc1)CN2S(C)(=O)=O)C(C)(C)C. The van der Waals surface area contributed by atoms with E-state index in [0.717, 1.165) is 11.8 Å². The second-order valence-electron chi connectivity index (χ2n) is 10.8. The molecule has 5 unspecified atom stereocenters. The lowest BCUT2D eigenvalue weighted by Crippen LogP contribution is -2.59. The first-order valence-corrected chi connectivity index (χ1v) is 14.2. The zero-order valence-corrected chi connectivity index (χ0v) is 22.8. The number of nitrogens with one attached hydrogen (secondary N) is 3. The highest BCUT2D eigenvalue weighted by Crippen LogP contribution is 2.38. The lowest BCUT2D eigenvalue weighted by Gasteiger charge is -2.37. The fourth-order valence-electron chi connectivity index (χ4n) is 5.04. The van der Waals surface area contributed by atoms with Crippen LogP contribution in [0.15, 0.2) is 30.3 Å². The van der Waals surface area contributed by atoms with Gasteiger partial charge in [-0.25, -0.2) is 8.42 Å². The van der Waals surface area contributed by atoms with Crippen LogP contribution in [0, 0.1) is 11.3 Å². The first-order chi connectivity index (χ1) is 16.8. The van der Waals surface area contributed by atoms with Gasteiger partial charge in [0.2, 0.25) is 27.7 Å². The van der Waals surface area contributed by atoms with E-state index in [1.165, 1.54) is 4.31 Å². The molecule has 0 radical (unpaired) electrons. The van der Waals surface area contributed by atoms with Crippen molar-refractivity contribution in [2.75, 3.05) is 26.4 Å². The molecule has 3 amide bonds. The molecule has 5 atom stereocenters. The van der Waals surface area contributed by atoms with E-state index in [1.54, 1.807) is 18.9 Å². The normalized spacial score (nSPS) is 24.2. The Morgan fingerprint density at radius 2 is 1.78 bits per heavy atom. The summed E-state index contributed by atoms with van der Waals surface area (Å²) < 4.78 is 26.5. The summed E-state index contributed by atoms with van der Waals surface area (Å²) in [5.41, 5.74) is 0.326. The molecular weight excluding hydrogens is 482 g/mol. The number of likely N-dealkylation sites (tertiary alicyclic amines) is 1. The van der Waals surface area contributed by atoms with E-state index in [0.29, 0.717) is 19.5 Å². The first kappa shape index (κ1) is 28.1. The molecule has 0 spiro atoms. The monoisotopic (exact) mass is 521 g/mol. The minimum absolute atomic E-state index is 0.0158. The van der Waals surface area contributed by atoms with Gasteiger partial charge in [0.25, 0.3) is 0 Å². The van der Waals surface area contributed by atoms with Gasteiger partial charge in [0.05, 0.1) is 24.3 Å². The molecule has 0 aliphatic carbocycles. The van der Waals surface area contributed by atoms with Crippen LogP contribution in [0.25, 0.3) is 0 Å². The van der Waals surface area contributed by atoms with E-state index in [-0.39, 0.29) is 24.3 Å². The van der Waals surface area contributed by atoms with Gasteiger partial charge in [-0.2, -0.15) is 4.31 Å². The van der Waals surface area contributed by atoms with Crippen LogP contribution in [0.1, 0.15) is 39.7 Å². The number of carbonyl (C=O) groups is 3. The van der Waals surface area contributed by atoms with Crippen LogP contribution in [-0.4, -0.2) is 85.9 Å². The third-order valence-corrected chi connectivity index (χ3v) is 8.43. The van der Waals surface area contributed by atoms with Crippen molar-refractivity contribution in [2.45, 2.75) is 64.8 Å². The lowest BCUT2D eigenvalue weighted by molar-refractivity contribution is -0.142. The van der Waals surface area contributed by atoms with Crippen molar-refractivity contribution in [3.05, 3.63) is 35.9 Å². The number of likely N-dealkylation sites (N-methyl/N-ethyl adjacent to an activating group) is 1. The molecule has 200 valence electrons. The Morgan fingerprint density at radius 1 is 1.14 bits per heavy atom. The van der Waals surface area contributed by atoms with Gasteiger partial charge in [-0.05, 0) is 31.4 Å². The zero-order valence-electron chi connectivity index (χ0n) is 21.9. The Kier molecular flexibility index (Phi) is 8.47. The minimum Gasteiger partial charge on any atom is -0.352 e. The molecule has 1 aromatic carbocycles. The Balaban J connectivity index is 1.87. The van der Waals surface area contributed by atoms with Gasteiger partial charge in [-0.15, -0.1) is 0 Å². The zero-order chi connectivity index (χ0) is 26.8. The highest BCUT2D eigenvalue weighted by molar-refractivity contribution is 7.88. The standard InChI is InChI=1S/C25H39N5O5S/c1-16(26-5)22(31)28-21(25(2,3)4)24(33)29-13-12-19-20(29)18(15-30(19)36(6,34)35)23(32)27-14-17-10-8-7-9-11-17/h7-11,16,18-21,26H,12-15H2,1-6H3,(H,27,32)(H,28,31). The van der Waals surface area contributed by atoms with Crippen molar-refractivity contribution in [3.8, 4) is 0 Å². The molecule has 0 bridgehead atoms. The van der Waals surface area contributed by atoms with Crippen molar-refractivity contribution >= 4 is 27.7 Å². The van der Waals surface area contributed by atoms with Crippen molar-refractivity contribution in [2.24, 2.45) is 11.3 Å². The summed E-state index contributed by atoms with van der Waals surface area (Å²) in [5, 5.41) is 8.67. The van der Waals surface area contributed by atoms with E-state index in [9.17, 15) is 22.8 Å². The maximum Gasteiger partial charge on any atom is 0.246 e. The van der Waals surface area contributed by atoms with Gasteiger partial charge >= 0.3 is 0 Å². The Hall–Kier alpha value is -2.50. The quantitative estimate of drug-likeness (QED) is 0.452. The highest BCUT2D eigenvalue weighted by Gasteiger charge is 2.56. The summed E-state index contributed by atoms with van der Waals surface area (Å²) in [6, 6.07) is 7.04. The van der Waals surface area contributed by atoms with E-state index < -0.39 is 45.5 Å². The molecule has 11 heteroatoms. The number of hydrogen-bond donors (Lipinski definition) is 3. The van der Waals surface area contributed by atoms with Crippen LogP contribution in [-0.2, 0) is 31.0 Å². The topological polar surface area (TPSA) is 128 Å². The Morgan fingerprint density at radius 3 is 2.33 bits per heavy atom. The molecule has 36 heavy (non-hydrogen) atoms. The Bertz CT molecular complexity index is 1070. The second kappa shape index (κ2) is 10.9. The molecule has 2 fully saturated rings. The lowest BCUT2D eigenvalue weighted by atomic mass is 9.85. The fourth-order valence-corrected chi connectivity index (χ4v) is 6.19. The predicted molar refractivity (Wildman–Crippen MR) is 137 cm³/mol. The summed E-state index contributed by atoms with van der Waals surface area (Å²) in [7, 11) is -1.92. The highest BCUT2D eigenvalue weighted by atomic mass is 32.2. The molecule has 2 aliphatic rings. The number of fused-ring (bicyclic) bond motifs is 1. The van der Waals surface area contributed by atoms with Gasteiger partial charge in [0.1, 0.15) is 6.04 Å². The average molecular weight is 522 g/mol. The van der Waals surface area contributed by atoms with Gasteiger partial charge in [-0.3, -0.25) is 14.4 Å². The molecule has 2 aliphatic heterocycles. The number of nitrogens with zero attached hydrogens (tertiary/aromatic N) is 2. The summed E-state index contributed by atoms with van der Waals surface area (Å²) in [6.45, 7) is 7.95. The van der Waals surface area contributed by atoms with Crippen LogP contribution in [0.4, 0.5) is 0 Å². The third-order valence-electron chi connectivity index (χ3n) is 7.16. The van der Waals surface area contributed by atoms with E-state index in [2.05, 4.69) is 16.0 Å². The van der Waals surface area contributed by atoms with Crippen LogP contribution in [0.3, 0.4) is 0 Å². The maximum atomic E-state index is 13.9. The molecule has 3 N–H and O–H groups in total. The van der Waals surface area contributed by atoms with E-state index in [1.807, 2.05) is 51.1 Å². The first-order valence-electron chi connectivity index (χ1n) is 12.3. The predicted octanol–water partition coefficient (Wildman–Crippen LogP) is 0.303. The maximum absolute atomic E-state index is 13.9. The second-order valence-corrected chi connectivity index (χ2v) is 12.8. The molecule has 0 aromatic heterocycles. The van der Waals surface area contributed by atoms with E-state index >= 15 is 0 Å². The van der Waals surface area contributed by atoms with Crippen molar-refractivity contribution in [3.63, 3.8) is 0 Å². The summed E-state index contributed by atoms with van der Waals surface area (Å²) in [5.74, 6) is -1.61. The number of carbonyl (C=O) groups excluding carboxylic acids is 3. The molecule has 3 rings (SSSR count). The summed E-state index contributed by atoms with van der Waals surface area (Å²) in [4.78, 5) is 41.5. The van der Waals surface area contributed by atoms with E-state index in [4.69, 9.17) is 0 Å². The van der Waals surface area contributed by atoms with Crippen molar-refractivity contribution in [1.82, 2.24) is 25.2 Å². The van der Waals surface area contributed by atoms with Crippen LogP contribution >= 0.6 is 0 Å². The van der Waals surface area contributed by atoms with Crippen LogP contribution in [0.2, 0.25) is 0 Å². The minimum atomic E-state index is -3.58. The molecule has 1 aromatic rings. The van der Waals surface area contributed by atoms with Gasteiger partial charge in [0.15, 0.2) is 0 Å². The smallest absolute Gasteiger partial charge is 0.246 e. The van der Waals surface area contributed by atoms with Gasteiger partial charge < -0.3 is 20.9 Å². The number of rotatable bonds is 8. The number of hydrogen-bond acceptors (Lipinski definition) is 6. The Labute approximate surface area is 214 Å².